The van der Waals surface area contributed by atoms with Gasteiger partial charge in [0.2, 0.25) is 15.9 Å². The van der Waals surface area contributed by atoms with Crippen molar-refractivity contribution in [2.75, 3.05) is 25.5 Å². The van der Waals surface area contributed by atoms with Crippen LogP contribution >= 0.6 is 0 Å². The molecule has 0 aliphatic carbocycles. The molecule has 1 atom stereocenters. The van der Waals surface area contributed by atoms with E-state index in [2.05, 4.69) is 5.32 Å². The van der Waals surface area contributed by atoms with E-state index < -0.39 is 10.0 Å². The molecule has 1 aliphatic rings. The lowest BCUT2D eigenvalue weighted by atomic mass is 10.1. The Balaban J connectivity index is 2.12. The molecule has 15 heavy (non-hydrogen) atoms. The fraction of sp³-hybridized carbons (Fsp3) is 0.875. The molecular weight excluding hydrogens is 220 g/mol. The third-order valence-corrected chi connectivity index (χ3v) is 3.06. The minimum absolute atomic E-state index is 0.0677. The molecule has 1 aliphatic heterocycles. The summed E-state index contributed by atoms with van der Waals surface area (Å²) in [6.07, 6.45) is 1.08. The smallest absolute Gasteiger partial charge is 0.225 e. The highest BCUT2D eigenvalue weighted by Gasteiger charge is 2.22. The molecule has 3 N–H and O–H groups in total. The number of rotatable bonds is 5. The van der Waals surface area contributed by atoms with E-state index in [-0.39, 0.29) is 17.6 Å². The van der Waals surface area contributed by atoms with Crippen molar-refractivity contribution < 1.29 is 17.9 Å². The molecule has 0 bridgehead atoms. The van der Waals surface area contributed by atoms with Crippen molar-refractivity contribution in [3.05, 3.63) is 0 Å². The number of nitrogens with two attached hydrogens (primary N) is 1. The molecule has 1 saturated heterocycles. The SMILES string of the molecule is NS(=O)(=O)CCCNC(=O)C1CCOC1. The van der Waals surface area contributed by atoms with Gasteiger partial charge in [0.25, 0.3) is 0 Å². The second-order valence-electron chi connectivity index (χ2n) is 3.57. The van der Waals surface area contributed by atoms with Gasteiger partial charge < -0.3 is 10.1 Å². The number of carbonyl (C=O) groups excluding carboxylic acids is 1. The van der Waals surface area contributed by atoms with E-state index >= 15 is 0 Å². The van der Waals surface area contributed by atoms with Crippen LogP contribution in [0.25, 0.3) is 0 Å². The molecule has 6 nitrogen and oxygen atoms in total. The summed E-state index contributed by atoms with van der Waals surface area (Å²) in [5.41, 5.74) is 0. The van der Waals surface area contributed by atoms with Crippen LogP contribution < -0.4 is 10.5 Å². The standard InChI is InChI=1S/C8H16N2O4S/c9-15(12,13)5-1-3-10-8(11)7-2-4-14-6-7/h7H,1-6H2,(H,10,11)(H2,9,12,13). The molecule has 0 aromatic carbocycles. The summed E-state index contributed by atoms with van der Waals surface area (Å²) in [6, 6.07) is 0. The summed E-state index contributed by atoms with van der Waals surface area (Å²) in [5.74, 6) is -0.254. The summed E-state index contributed by atoms with van der Waals surface area (Å²) in [6.45, 7) is 1.42. The first-order chi connectivity index (χ1) is 6.99. The molecule has 0 aromatic rings. The van der Waals surface area contributed by atoms with Gasteiger partial charge >= 0.3 is 0 Å². The Morgan fingerprint density at radius 3 is 2.80 bits per heavy atom. The predicted octanol–water partition coefficient (Wildman–Crippen LogP) is -1.18. The number of amides is 1. The molecule has 7 heteroatoms. The first kappa shape index (κ1) is 12.4. The van der Waals surface area contributed by atoms with Gasteiger partial charge in [0.05, 0.1) is 18.3 Å². The van der Waals surface area contributed by atoms with Gasteiger partial charge in [-0.25, -0.2) is 13.6 Å². The third kappa shape index (κ3) is 5.10. The van der Waals surface area contributed by atoms with Crippen molar-refractivity contribution >= 4 is 15.9 Å². The van der Waals surface area contributed by atoms with Gasteiger partial charge in [-0.15, -0.1) is 0 Å². The molecule has 0 spiro atoms. The maximum Gasteiger partial charge on any atom is 0.225 e. The van der Waals surface area contributed by atoms with E-state index in [1.54, 1.807) is 0 Å². The summed E-state index contributed by atoms with van der Waals surface area (Å²) in [5, 5.41) is 7.47. The molecule has 1 amide bonds. The number of hydrogen-bond acceptors (Lipinski definition) is 4. The fourth-order valence-electron chi connectivity index (χ4n) is 1.37. The van der Waals surface area contributed by atoms with Crippen LogP contribution in [0.5, 0.6) is 0 Å². The van der Waals surface area contributed by atoms with Gasteiger partial charge in [-0.3, -0.25) is 4.79 Å². The molecule has 1 heterocycles. The highest BCUT2D eigenvalue weighted by Crippen LogP contribution is 2.11. The van der Waals surface area contributed by atoms with Crippen LogP contribution in [-0.4, -0.2) is 39.8 Å². The minimum Gasteiger partial charge on any atom is -0.381 e. The minimum atomic E-state index is -3.42. The Kier molecular flexibility index (Phi) is 4.49. The highest BCUT2D eigenvalue weighted by atomic mass is 32.2. The normalized spacial score (nSPS) is 21.5. The zero-order valence-corrected chi connectivity index (χ0v) is 9.26. The average Bonchev–Trinajstić information content (AvgIpc) is 2.63. The van der Waals surface area contributed by atoms with Crippen LogP contribution in [0.1, 0.15) is 12.8 Å². The number of sulfonamides is 1. The fourth-order valence-corrected chi connectivity index (χ4v) is 1.92. The Labute approximate surface area is 89.2 Å². The van der Waals surface area contributed by atoms with Gasteiger partial charge in [0.1, 0.15) is 0 Å². The predicted molar refractivity (Wildman–Crippen MR) is 54.5 cm³/mol. The number of carbonyl (C=O) groups is 1. The van der Waals surface area contributed by atoms with Crippen molar-refractivity contribution in [3.8, 4) is 0 Å². The Bertz CT molecular complexity index is 309. The summed E-state index contributed by atoms with van der Waals surface area (Å²) >= 11 is 0. The van der Waals surface area contributed by atoms with Crippen molar-refractivity contribution in [2.45, 2.75) is 12.8 Å². The summed E-state index contributed by atoms with van der Waals surface area (Å²) < 4.78 is 26.2. The van der Waals surface area contributed by atoms with Gasteiger partial charge in [-0.2, -0.15) is 0 Å². The quantitative estimate of drug-likeness (QED) is 0.587. The van der Waals surface area contributed by atoms with E-state index in [9.17, 15) is 13.2 Å². The maximum atomic E-state index is 11.4. The monoisotopic (exact) mass is 236 g/mol. The van der Waals surface area contributed by atoms with Crippen LogP contribution in [0, 0.1) is 5.92 Å². The zero-order chi connectivity index (χ0) is 11.3. The van der Waals surface area contributed by atoms with Gasteiger partial charge in [0, 0.05) is 13.2 Å². The van der Waals surface area contributed by atoms with E-state index in [4.69, 9.17) is 9.88 Å². The van der Waals surface area contributed by atoms with Gasteiger partial charge in [0.15, 0.2) is 0 Å². The van der Waals surface area contributed by atoms with Crippen molar-refractivity contribution in [1.29, 1.82) is 0 Å². The van der Waals surface area contributed by atoms with Crippen LogP contribution in [0.15, 0.2) is 0 Å². The zero-order valence-electron chi connectivity index (χ0n) is 8.44. The Morgan fingerprint density at radius 1 is 1.53 bits per heavy atom. The van der Waals surface area contributed by atoms with Crippen molar-refractivity contribution in [3.63, 3.8) is 0 Å². The Morgan fingerprint density at radius 2 is 2.27 bits per heavy atom. The number of hydrogen-bond donors (Lipinski definition) is 2. The molecule has 0 saturated carbocycles. The van der Waals surface area contributed by atoms with Gasteiger partial charge in [-0.1, -0.05) is 0 Å². The van der Waals surface area contributed by atoms with E-state index in [1.165, 1.54) is 0 Å². The maximum absolute atomic E-state index is 11.4. The second kappa shape index (κ2) is 5.43. The summed E-state index contributed by atoms with van der Waals surface area (Å²) in [4.78, 5) is 11.4. The van der Waals surface area contributed by atoms with Crippen LogP contribution in [0.4, 0.5) is 0 Å². The Hall–Kier alpha value is -0.660. The van der Waals surface area contributed by atoms with Crippen molar-refractivity contribution in [1.82, 2.24) is 5.32 Å². The summed E-state index contributed by atoms with van der Waals surface area (Å²) in [7, 11) is -3.42. The topological polar surface area (TPSA) is 98.5 Å². The first-order valence-corrected chi connectivity index (χ1v) is 6.56. The molecular formula is C8H16N2O4S. The van der Waals surface area contributed by atoms with E-state index in [0.717, 1.165) is 6.42 Å². The van der Waals surface area contributed by atoms with Crippen LogP contribution in [0.2, 0.25) is 0 Å². The lowest BCUT2D eigenvalue weighted by Gasteiger charge is -2.08. The van der Waals surface area contributed by atoms with Crippen LogP contribution in [0.3, 0.4) is 0 Å². The highest BCUT2D eigenvalue weighted by molar-refractivity contribution is 7.89. The molecule has 0 radical (unpaired) electrons. The lowest BCUT2D eigenvalue weighted by molar-refractivity contribution is -0.124. The van der Waals surface area contributed by atoms with E-state index in [0.29, 0.717) is 26.2 Å². The average molecular weight is 236 g/mol. The molecule has 0 aromatic heterocycles. The third-order valence-electron chi connectivity index (χ3n) is 2.21. The largest absolute Gasteiger partial charge is 0.381 e. The lowest BCUT2D eigenvalue weighted by Crippen LogP contribution is -2.32. The van der Waals surface area contributed by atoms with Crippen LogP contribution in [-0.2, 0) is 19.6 Å². The number of ether oxygens (including phenoxy) is 1. The molecule has 1 rings (SSSR count). The number of primary sulfonamides is 1. The molecule has 1 unspecified atom stereocenters. The number of nitrogens with one attached hydrogen (secondary N) is 1. The van der Waals surface area contributed by atoms with Gasteiger partial charge in [-0.05, 0) is 12.8 Å². The molecule has 88 valence electrons. The van der Waals surface area contributed by atoms with E-state index in [1.807, 2.05) is 0 Å². The molecule has 1 fully saturated rings. The first-order valence-electron chi connectivity index (χ1n) is 4.85. The second-order valence-corrected chi connectivity index (χ2v) is 5.31. The van der Waals surface area contributed by atoms with Crippen molar-refractivity contribution in [2.24, 2.45) is 11.1 Å².